The van der Waals surface area contributed by atoms with Gasteiger partial charge in [-0.1, -0.05) is 37.6 Å². The Morgan fingerprint density at radius 3 is 2.53 bits per heavy atom. The summed E-state index contributed by atoms with van der Waals surface area (Å²) >= 11 is 0. The van der Waals surface area contributed by atoms with Crippen LogP contribution < -0.4 is 11.1 Å². The molecule has 0 saturated heterocycles. The Labute approximate surface area is 182 Å². The van der Waals surface area contributed by atoms with Crippen LogP contribution in [-0.4, -0.2) is 18.2 Å². The number of carbonyl (C=O) groups excluding carboxylic acids is 1. The van der Waals surface area contributed by atoms with Gasteiger partial charge in [0, 0.05) is 30.3 Å². The quantitative estimate of drug-likeness (QED) is 0.438. The number of nitrogens with one attached hydrogen (secondary N) is 2. The van der Waals surface area contributed by atoms with Crippen LogP contribution in [0, 0.1) is 48.8 Å². The second kappa shape index (κ2) is 9.91. The van der Waals surface area contributed by atoms with Crippen LogP contribution in [0.2, 0.25) is 0 Å². The first-order valence-corrected chi connectivity index (χ1v) is 11.6. The molecule has 3 rings (SSSR count). The van der Waals surface area contributed by atoms with Gasteiger partial charge in [-0.3, -0.25) is 4.79 Å². The first-order chi connectivity index (χ1) is 14.3. The molecule has 2 aliphatic rings. The molecule has 0 spiro atoms. The number of nitrogens with two attached hydrogens (primary N) is 1. The van der Waals surface area contributed by atoms with Crippen LogP contribution in [0.5, 0.6) is 0 Å². The molecule has 1 aromatic rings. The van der Waals surface area contributed by atoms with Crippen LogP contribution in [-0.2, 0) is 4.79 Å². The van der Waals surface area contributed by atoms with Gasteiger partial charge < -0.3 is 16.5 Å². The lowest BCUT2D eigenvalue weighted by Gasteiger charge is -2.35. The molecule has 4 N–H and O–H groups in total. The maximum absolute atomic E-state index is 12.7. The highest BCUT2D eigenvalue weighted by Gasteiger charge is 2.35. The van der Waals surface area contributed by atoms with Crippen LogP contribution in [0.4, 0.5) is 5.69 Å². The average Bonchev–Trinajstić information content (AvgIpc) is 3.48. The Bertz CT molecular complexity index is 800. The van der Waals surface area contributed by atoms with Crippen LogP contribution in [0.15, 0.2) is 29.8 Å². The molecule has 0 heterocycles. The number of amides is 1. The van der Waals surface area contributed by atoms with E-state index in [0.717, 1.165) is 23.1 Å². The first-order valence-electron chi connectivity index (χ1n) is 11.6. The molecule has 30 heavy (non-hydrogen) atoms. The molecule has 164 valence electrons. The van der Waals surface area contributed by atoms with Crippen molar-refractivity contribution in [3.63, 3.8) is 0 Å². The molecule has 2 saturated carbocycles. The van der Waals surface area contributed by atoms with Gasteiger partial charge in [-0.2, -0.15) is 0 Å². The Morgan fingerprint density at radius 2 is 1.97 bits per heavy atom. The van der Waals surface area contributed by atoms with Crippen molar-refractivity contribution < 1.29 is 4.79 Å². The summed E-state index contributed by atoms with van der Waals surface area (Å²) < 4.78 is 0. The summed E-state index contributed by atoms with van der Waals surface area (Å²) in [5.41, 5.74) is 10.9. The van der Waals surface area contributed by atoms with Crippen molar-refractivity contribution in [2.45, 2.75) is 66.2 Å². The van der Waals surface area contributed by atoms with E-state index in [1.807, 2.05) is 26.0 Å². The van der Waals surface area contributed by atoms with Gasteiger partial charge in [-0.15, -0.1) is 0 Å². The Balaban J connectivity index is 1.60. The van der Waals surface area contributed by atoms with Gasteiger partial charge in [0.1, 0.15) is 0 Å². The molecule has 4 nitrogen and oxygen atoms in total. The molecule has 0 radical (unpaired) electrons. The second-order valence-corrected chi connectivity index (χ2v) is 10.0. The van der Waals surface area contributed by atoms with E-state index < -0.39 is 0 Å². The minimum Gasteiger partial charge on any atom is -0.330 e. The minimum absolute atomic E-state index is 0.0575. The summed E-state index contributed by atoms with van der Waals surface area (Å²) in [6.07, 6.45) is 8.79. The fourth-order valence-corrected chi connectivity index (χ4v) is 4.79. The number of benzene rings is 1. The van der Waals surface area contributed by atoms with E-state index in [9.17, 15) is 4.79 Å². The molecule has 1 aromatic carbocycles. The third-order valence-corrected chi connectivity index (χ3v) is 6.60. The fourth-order valence-electron chi connectivity index (χ4n) is 4.79. The van der Waals surface area contributed by atoms with E-state index in [1.165, 1.54) is 43.2 Å². The SMILES string of the molecule is Cc1ccc(NC(=O)C[C@H](CN)C(=N)/C(=C/C2CC(CC(C)C)C2)C2CC2)c(C)c1. The van der Waals surface area contributed by atoms with E-state index in [4.69, 9.17) is 11.1 Å². The minimum atomic E-state index is -0.214. The standard InChI is InChI=1S/C26H39N3O/c1-16(2)9-19-11-20(12-19)13-23(21-6-7-21)26(28)22(15-27)14-25(30)29-24-8-5-17(3)10-18(24)4/h5,8,10,13,16,19-22,28H,6-7,9,11-12,14-15,27H2,1-4H3,(H,29,30)/b23-13+,28-26?/t19?,20?,22-/m1/s1. The van der Waals surface area contributed by atoms with Gasteiger partial charge in [0.15, 0.2) is 0 Å². The topological polar surface area (TPSA) is 79.0 Å². The molecule has 1 atom stereocenters. The van der Waals surface area contributed by atoms with Crippen molar-refractivity contribution in [3.8, 4) is 0 Å². The molecule has 0 bridgehead atoms. The van der Waals surface area contributed by atoms with Gasteiger partial charge in [-0.25, -0.2) is 0 Å². The summed E-state index contributed by atoms with van der Waals surface area (Å²) in [5.74, 6) is 2.45. The van der Waals surface area contributed by atoms with Crippen molar-refractivity contribution in [1.82, 2.24) is 0 Å². The van der Waals surface area contributed by atoms with E-state index >= 15 is 0 Å². The molecular weight excluding hydrogens is 370 g/mol. The molecule has 0 unspecified atom stereocenters. The average molecular weight is 410 g/mol. The molecule has 2 aliphatic carbocycles. The normalized spacial score (nSPS) is 22.5. The number of allylic oxidation sites excluding steroid dienone is 2. The zero-order valence-electron chi connectivity index (χ0n) is 19.1. The van der Waals surface area contributed by atoms with Crippen LogP contribution in [0.1, 0.15) is 63.5 Å². The maximum Gasteiger partial charge on any atom is 0.225 e. The van der Waals surface area contributed by atoms with E-state index in [2.05, 4.69) is 31.3 Å². The third kappa shape index (κ3) is 6.04. The number of rotatable bonds is 10. The zero-order valence-corrected chi connectivity index (χ0v) is 19.1. The molecule has 1 amide bonds. The predicted molar refractivity (Wildman–Crippen MR) is 126 cm³/mol. The summed E-state index contributed by atoms with van der Waals surface area (Å²) in [5, 5.41) is 11.9. The summed E-state index contributed by atoms with van der Waals surface area (Å²) in [7, 11) is 0. The molecule has 4 heteroatoms. The lowest BCUT2D eigenvalue weighted by Crippen LogP contribution is -2.31. The highest BCUT2D eigenvalue weighted by molar-refractivity contribution is 6.03. The van der Waals surface area contributed by atoms with E-state index in [-0.39, 0.29) is 18.2 Å². The number of carbonyl (C=O) groups is 1. The van der Waals surface area contributed by atoms with Crippen molar-refractivity contribution in [2.24, 2.45) is 35.3 Å². The number of hydrogen-bond donors (Lipinski definition) is 3. The molecular formula is C26H39N3O. The summed E-state index contributed by atoms with van der Waals surface area (Å²) in [6, 6.07) is 6.02. The van der Waals surface area contributed by atoms with E-state index in [1.54, 1.807) is 0 Å². The molecule has 0 aromatic heterocycles. The Hall–Kier alpha value is -1.94. The highest BCUT2D eigenvalue weighted by atomic mass is 16.1. The van der Waals surface area contributed by atoms with Crippen molar-refractivity contribution in [3.05, 3.63) is 41.0 Å². The number of anilines is 1. The van der Waals surface area contributed by atoms with Crippen molar-refractivity contribution in [2.75, 3.05) is 11.9 Å². The largest absolute Gasteiger partial charge is 0.330 e. The Morgan fingerprint density at radius 1 is 1.27 bits per heavy atom. The number of hydrogen-bond acceptors (Lipinski definition) is 3. The van der Waals surface area contributed by atoms with Gasteiger partial charge in [0.25, 0.3) is 0 Å². The smallest absolute Gasteiger partial charge is 0.225 e. The van der Waals surface area contributed by atoms with Gasteiger partial charge >= 0.3 is 0 Å². The lowest BCUT2D eigenvalue weighted by atomic mass is 9.70. The van der Waals surface area contributed by atoms with Gasteiger partial charge in [-0.05, 0) is 86.8 Å². The van der Waals surface area contributed by atoms with Crippen LogP contribution >= 0.6 is 0 Å². The summed E-state index contributed by atoms with van der Waals surface area (Å²) in [6.45, 7) is 8.98. The predicted octanol–water partition coefficient (Wildman–Crippen LogP) is 5.64. The van der Waals surface area contributed by atoms with Crippen molar-refractivity contribution in [1.29, 1.82) is 5.41 Å². The van der Waals surface area contributed by atoms with E-state index in [0.29, 0.717) is 24.1 Å². The third-order valence-electron chi connectivity index (χ3n) is 6.60. The first kappa shape index (κ1) is 22.7. The second-order valence-electron chi connectivity index (χ2n) is 10.0. The Kier molecular flexibility index (Phi) is 7.51. The maximum atomic E-state index is 12.7. The number of aryl methyl sites for hydroxylation is 2. The fraction of sp³-hybridized carbons (Fsp3) is 0.615. The molecule has 0 aliphatic heterocycles. The monoisotopic (exact) mass is 409 g/mol. The van der Waals surface area contributed by atoms with Crippen molar-refractivity contribution >= 4 is 17.3 Å². The van der Waals surface area contributed by atoms with Crippen LogP contribution in [0.25, 0.3) is 0 Å². The highest BCUT2D eigenvalue weighted by Crippen LogP contribution is 2.44. The summed E-state index contributed by atoms with van der Waals surface area (Å²) in [4.78, 5) is 12.7. The van der Waals surface area contributed by atoms with Crippen LogP contribution in [0.3, 0.4) is 0 Å². The molecule has 2 fully saturated rings. The van der Waals surface area contributed by atoms with Gasteiger partial charge in [0.05, 0.1) is 0 Å². The zero-order chi connectivity index (χ0) is 21.8. The lowest BCUT2D eigenvalue weighted by molar-refractivity contribution is -0.116. The van der Waals surface area contributed by atoms with Gasteiger partial charge in [0.2, 0.25) is 5.91 Å².